The van der Waals surface area contributed by atoms with Gasteiger partial charge in [0.2, 0.25) is 0 Å². The predicted octanol–water partition coefficient (Wildman–Crippen LogP) is 2.48. The lowest BCUT2D eigenvalue weighted by Gasteiger charge is -2.10. The van der Waals surface area contributed by atoms with E-state index in [-0.39, 0.29) is 6.04 Å². The Morgan fingerprint density at radius 1 is 1.19 bits per heavy atom. The van der Waals surface area contributed by atoms with Crippen LogP contribution >= 0.6 is 15.9 Å². The van der Waals surface area contributed by atoms with Gasteiger partial charge in [-0.15, -0.1) is 0 Å². The Balaban J connectivity index is 2.08. The molecule has 0 saturated heterocycles. The minimum atomic E-state index is -0.0309. The first-order valence-corrected chi connectivity index (χ1v) is 5.81. The molecule has 0 fully saturated rings. The smallest absolute Gasteiger partial charge is 0.0423 e. The number of aromatic nitrogens is 2. The van der Waals surface area contributed by atoms with E-state index in [0.29, 0.717) is 0 Å². The summed E-state index contributed by atoms with van der Waals surface area (Å²) >= 11 is 3.35. The number of nitrogens with two attached hydrogens (primary N) is 1. The quantitative estimate of drug-likeness (QED) is 0.938. The number of pyridine rings is 2. The largest absolute Gasteiger partial charge is 0.324 e. The van der Waals surface area contributed by atoms with Crippen LogP contribution < -0.4 is 5.73 Å². The number of hydrogen-bond acceptors (Lipinski definition) is 3. The third-order valence-corrected chi connectivity index (χ3v) is 2.82. The molecule has 1 unspecified atom stereocenters. The molecule has 0 aliphatic carbocycles. The van der Waals surface area contributed by atoms with Crippen LogP contribution in [0.25, 0.3) is 0 Å². The standard InChI is InChI=1S/C12H12BrN3/c13-10-1-2-11(16-8-10)7-12(14)9-3-5-15-6-4-9/h1-6,8,12H,7,14H2. The Morgan fingerprint density at radius 2 is 1.94 bits per heavy atom. The number of halogens is 1. The van der Waals surface area contributed by atoms with E-state index in [0.717, 1.165) is 22.2 Å². The van der Waals surface area contributed by atoms with E-state index in [1.165, 1.54) is 0 Å². The summed E-state index contributed by atoms with van der Waals surface area (Å²) in [6.07, 6.45) is 6.03. The predicted molar refractivity (Wildman–Crippen MR) is 66.8 cm³/mol. The topological polar surface area (TPSA) is 51.8 Å². The highest BCUT2D eigenvalue weighted by molar-refractivity contribution is 9.10. The van der Waals surface area contributed by atoms with Gasteiger partial charge in [0.25, 0.3) is 0 Å². The lowest BCUT2D eigenvalue weighted by molar-refractivity contribution is 0.705. The molecule has 0 aromatic carbocycles. The molecule has 0 spiro atoms. The Labute approximate surface area is 103 Å². The highest BCUT2D eigenvalue weighted by atomic mass is 79.9. The maximum Gasteiger partial charge on any atom is 0.0423 e. The molecule has 0 radical (unpaired) electrons. The molecule has 3 nitrogen and oxygen atoms in total. The SMILES string of the molecule is NC(Cc1ccc(Br)cn1)c1ccncc1. The van der Waals surface area contributed by atoms with E-state index in [9.17, 15) is 0 Å². The van der Waals surface area contributed by atoms with Crippen molar-refractivity contribution in [1.29, 1.82) is 0 Å². The third-order valence-electron chi connectivity index (χ3n) is 2.35. The van der Waals surface area contributed by atoms with Crippen molar-refractivity contribution in [3.63, 3.8) is 0 Å². The second-order valence-corrected chi connectivity index (χ2v) is 4.47. The van der Waals surface area contributed by atoms with Crippen molar-refractivity contribution in [2.45, 2.75) is 12.5 Å². The van der Waals surface area contributed by atoms with Crippen LogP contribution in [0.15, 0.2) is 47.3 Å². The van der Waals surface area contributed by atoms with Crippen LogP contribution in [0.5, 0.6) is 0 Å². The fourth-order valence-corrected chi connectivity index (χ4v) is 1.72. The van der Waals surface area contributed by atoms with Crippen LogP contribution in [0.4, 0.5) is 0 Å². The van der Waals surface area contributed by atoms with Gasteiger partial charge in [0, 0.05) is 41.2 Å². The molecular weight excluding hydrogens is 266 g/mol. The van der Waals surface area contributed by atoms with E-state index in [4.69, 9.17) is 5.73 Å². The Morgan fingerprint density at radius 3 is 2.56 bits per heavy atom. The Kier molecular flexibility index (Phi) is 3.64. The summed E-state index contributed by atoms with van der Waals surface area (Å²) < 4.78 is 0.980. The van der Waals surface area contributed by atoms with E-state index >= 15 is 0 Å². The minimum Gasteiger partial charge on any atom is -0.324 e. The van der Waals surface area contributed by atoms with Gasteiger partial charge in [0.1, 0.15) is 0 Å². The Bertz CT molecular complexity index is 442. The fourth-order valence-electron chi connectivity index (χ4n) is 1.48. The molecule has 0 aliphatic heterocycles. The van der Waals surface area contributed by atoms with Gasteiger partial charge in [0.15, 0.2) is 0 Å². The summed E-state index contributed by atoms with van der Waals surface area (Å²) in [7, 11) is 0. The van der Waals surface area contributed by atoms with Gasteiger partial charge >= 0.3 is 0 Å². The molecule has 16 heavy (non-hydrogen) atoms. The summed E-state index contributed by atoms with van der Waals surface area (Å²) in [4.78, 5) is 8.27. The molecule has 2 aromatic rings. The summed E-state index contributed by atoms with van der Waals surface area (Å²) in [5, 5.41) is 0. The maximum absolute atomic E-state index is 6.09. The van der Waals surface area contributed by atoms with Crippen molar-refractivity contribution in [2.24, 2.45) is 5.73 Å². The highest BCUT2D eigenvalue weighted by Gasteiger charge is 2.07. The lowest BCUT2D eigenvalue weighted by atomic mass is 10.0. The van der Waals surface area contributed by atoms with Crippen molar-refractivity contribution in [2.75, 3.05) is 0 Å². The van der Waals surface area contributed by atoms with Gasteiger partial charge in [0.05, 0.1) is 0 Å². The van der Waals surface area contributed by atoms with Gasteiger partial charge < -0.3 is 5.73 Å². The van der Waals surface area contributed by atoms with Crippen LogP contribution in [-0.4, -0.2) is 9.97 Å². The molecule has 0 aliphatic rings. The summed E-state index contributed by atoms with van der Waals surface area (Å²) in [5.74, 6) is 0. The van der Waals surface area contributed by atoms with E-state index in [1.807, 2.05) is 24.3 Å². The molecule has 0 amide bonds. The molecule has 82 valence electrons. The summed E-state index contributed by atoms with van der Waals surface area (Å²) in [5.41, 5.74) is 8.16. The van der Waals surface area contributed by atoms with Crippen molar-refractivity contribution in [3.05, 3.63) is 58.6 Å². The van der Waals surface area contributed by atoms with Crippen LogP contribution in [0.1, 0.15) is 17.3 Å². The first-order valence-electron chi connectivity index (χ1n) is 5.01. The van der Waals surface area contributed by atoms with Crippen LogP contribution in [0, 0.1) is 0 Å². The Hall–Kier alpha value is -1.26. The molecule has 0 bridgehead atoms. The van der Waals surface area contributed by atoms with Crippen LogP contribution in [0.2, 0.25) is 0 Å². The molecule has 4 heteroatoms. The molecule has 2 aromatic heterocycles. The second kappa shape index (κ2) is 5.18. The zero-order valence-electron chi connectivity index (χ0n) is 8.68. The zero-order valence-corrected chi connectivity index (χ0v) is 10.3. The first-order chi connectivity index (χ1) is 7.75. The molecule has 2 heterocycles. The van der Waals surface area contributed by atoms with Crippen LogP contribution in [-0.2, 0) is 6.42 Å². The zero-order chi connectivity index (χ0) is 11.4. The summed E-state index contributed by atoms with van der Waals surface area (Å²) in [6.45, 7) is 0. The average Bonchev–Trinajstić information content (AvgIpc) is 2.33. The second-order valence-electron chi connectivity index (χ2n) is 3.56. The highest BCUT2D eigenvalue weighted by Crippen LogP contribution is 2.15. The van der Waals surface area contributed by atoms with Crippen LogP contribution in [0.3, 0.4) is 0 Å². The number of hydrogen-bond donors (Lipinski definition) is 1. The van der Waals surface area contributed by atoms with Crippen molar-refractivity contribution < 1.29 is 0 Å². The van der Waals surface area contributed by atoms with Crippen molar-refractivity contribution in [1.82, 2.24) is 9.97 Å². The monoisotopic (exact) mass is 277 g/mol. The van der Waals surface area contributed by atoms with Gasteiger partial charge in [-0.05, 0) is 45.8 Å². The molecule has 0 saturated carbocycles. The fraction of sp³-hybridized carbons (Fsp3) is 0.167. The third kappa shape index (κ3) is 2.87. The molecule has 1 atom stereocenters. The minimum absolute atomic E-state index is 0.0309. The van der Waals surface area contributed by atoms with E-state index in [1.54, 1.807) is 18.6 Å². The first kappa shape index (κ1) is 11.2. The molecule has 2 N–H and O–H groups in total. The van der Waals surface area contributed by atoms with Gasteiger partial charge in [-0.25, -0.2) is 0 Å². The number of rotatable bonds is 3. The molecule has 2 rings (SSSR count). The van der Waals surface area contributed by atoms with Crippen molar-refractivity contribution >= 4 is 15.9 Å². The van der Waals surface area contributed by atoms with E-state index < -0.39 is 0 Å². The van der Waals surface area contributed by atoms with Gasteiger partial charge in [-0.2, -0.15) is 0 Å². The lowest BCUT2D eigenvalue weighted by Crippen LogP contribution is -2.13. The summed E-state index contributed by atoms with van der Waals surface area (Å²) in [6, 6.07) is 7.79. The number of nitrogens with zero attached hydrogens (tertiary/aromatic N) is 2. The maximum atomic E-state index is 6.09. The van der Waals surface area contributed by atoms with E-state index in [2.05, 4.69) is 25.9 Å². The molecular formula is C12H12BrN3. The van der Waals surface area contributed by atoms with Gasteiger partial charge in [-0.1, -0.05) is 0 Å². The normalized spacial score (nSPS) is 12.4. The van der Waals surface area contributed by atoms with Gasteiger partial charge in [-0.3, -0.25) is 9.97 Å². The average molecular weight is 278 g/mol. The van der Waals surface area contributed by atoms with Crippen molar-refractivity contribution in [3.8, 4) is 0 Å².